The van der Waals surface area contributed by atoms with Crippen LogP contribution in [0.4, 0.5) is 0 Å². The maximum Gasteiger partial charge on any atom is 0.0762 e. The van der Waals surface area contributed by atoms with Crippen LogP contribution in [0.3, 0.4) is 0 Å². The van der Waals surface area contributed by atoms with E-state index in [9.17, 15) is 0 Å². The van der Waals surface area contributed by atoms with E-state index in [1.165, 1.54) is 11.1 Å². The Hall–Kier alpha value is -1.61. The third kappa shape index (κ3) is 3.67. The molecule has 19 heavy (non-hydrogen) atoms. The zero-order valence-electron chi connectivity index (χ0n) is 12.1. The van der Waals surface area contributed by atoms with Gasteiger partial charge in [-0.1, -0.05) is 31.2 Å². The number of benzene rings is 1. The fourth-order valence-electron chi connectivity index (χ4n) is 2.04. The SMILES string of the molecule is CCC(C)n1ccc(CNCc2ccccc2C)n1. The average molecular weight is 257 g/mol. The van der Waals surface area contributed by atoms with Crippen LogP contribution >= 0.6 is 0 Å². The topological polar surface area (TPSA) is 29.9 Å². The number of aromatic nitrogens is 2. The van der Waals surface area contributed by atoms with Crippen LogP contribution in [0.25, 0.3) is 0 Å². The van der Waals surface area contributed by atoms with Crippen LogP contribution in [0.15, 0.2) is 36.5 Å². The van der Waals surface area contributed by atoms with Gasteiger partial charge < -0.3 is 5.32 Å². The highest BCUT2D eigenvalue weighted by atomic mass is 15.3. The van der Waals surface area contributed by atoms with E-state index in [0.717, 1.165) is 25.2 Å². The molecule has 0 spiro atoms. The summed E-state index contributed by atoms with van der Waals surface area (Å²) in [5.74, 6) is 0. The predicted molar refractivity (Wildman–Crippen MR) is 79.0 cm³/mol. The zero-order valence-corrected chi connectivity index (χ0v) is 12.1. The van der Waals surface area contributed by atoms with Gasteiger partial charge in [-0.2, -0.15) is 5.10 Å². The van der Waals surface area contributed by atoms with E-state index in [0.29, 0.717) is 6.04 Å². The summed E-state index contributed by atoms with van der Waals surface area (Å²) >= 11 is 0. The maximum atomic E-state index is 4.59. The molecule has 2 aromatic rings. The quantitative estimate of drug-likeness (QED) is 0.859. The van der Waals surface area contributed by atoms with Gasteiger partial charge in [-0.15, -0.1) is 0 Å². The average Bonchev–Trinajstić information content (AvgIpc) is 2.89. The monoisotopic (exact) mass is 257 g/mol. The van der Waals surface area contributed by atoms with E-state index in [1.807, 2.05) is 4.68 Å². The maximum absolute atomic E-state index is 4.59. The third-order valence-corrected chi connectivity index (χ3v) is 3.59. The molecule has 0 amide bonds. The van der Waals surface area contributed by atoms with Crippen molar-refractivity contribution in [1.29, 1.82) is 0 Å². The largest absolute Gasteiger partial charge is 0.307 e. The van der Waals surface area contributed by atoms with Gasteiger partial charge in [-0.3, -0.25) is 4.68 Å². The molecule has 1 unspecified atom stereocenters. The molecule has 0 aliphatic heterocycles. The lowest BCUT2D eigenvalue weighted by Gasteiger charge is -2.08. The lowest BCUT2D eigenvalue weighted by molar-refractivity contribution is 0.471. The smallest absolute Gasteiger partial charge is 0.0762 e. The molecule has 3 heteroatoms. The van der Waals surface area contributed by atoms with Crippen LogP contribution in [0, 0.1) is 6.92 Å². The van der Waals surface area contributed by atoms with E-state index in [2.05, 4.69) is 67.7 Å². The van der Waals surface area contributed by atoms with Crippen LogP contribution in [0.2, 0.25) is 0 Å². The highest BCUT2D eigenvalue weighted by Crippen LogP contribution is 2.10. The second-order valence-corrected chi connectivity index (χ2v) is 5.07. The second-order valence-electron chi connectivity index (χ2n) is 5.07. The van der Waals surface area contributed by atoms with Crippen molar-refractivity contribution in [3.8, 4) is 0 Å². The van der Waals surface area contributed by atoms with Crippen LogP contribution in [-0.4, -0.2) is 9.78 Å². The number of rotatable bonds is 6. The standard InChI is InChI=1S/C16H23N3/c1-4-14(3)19-10-9-16(18-19)12-17-11-15-8-6-5-7-13(15)2/h5-10,14,17H,4,11-12H2,1-3H3. The van der Waals surface area contributed by atoms with Crippen molar-refractivity contribution in [2.75, 3.05) is 0 Å². The lowest BCUT2D eigenvalue weighted by Crippen LogP contribution is -2.14. The van der Waals surface area contributed by atoms with Gasteiger partial charge in [-0.25, -0.2) is 0 Å². The summed E-state index contributed by atoms with van der Waals surface area (Å²) in [4.78, 5) is 0. The summed E-state index contributed by atoms with van der Waals surface area (Å²) in [6.07, 6.45) is 3.18. The summed E-state index contributed by atoms with van der Waals surface area (Å²) in [5.41, 5.74) is 3.79. The number of nitrogens with zero attached hydrogens (tertiary/aromatic N) is 2. The van der Waals surface area contributed by atoms with Gasteiger partial charge in [0.2, 0.25) is 0 Å². The summed E-state index contributed by atoms with van der Waals surface area (Å²) in [6.45, 7) is 8.23. The van der Waals surface area contributed by atoms with Crippen molar-refractivity contribution in [3.63, 3.8) is 0 Å². The van der Waals surface area contributed by atoms with Crippen molar-refractivity contribution in [2.24, 2.45) is 0 Å². The van der Waals surface area contributed by atoms with Crippen molar-refractivity contribution >= 4 is 0 Å². The molecule has 1 atom stereocenters. The van der Waals surface area contributed by atoms with Crippen LogP contribution in [0.5, 0.6) is 0 Å². The molecule has 1 aromatic heterocycles. The Morgan fingerprint density at radius 2 is 2.00 bits per heavy atom. The minimum Gasteiger partial charge on any atom is -0.307 e. The Bertz CT molecular complexity index is 516. The Labute approximate surface area is 115 Å². The van der Waals surface area contributed by atoms with Crippen LogP contribution < -0.4 is 5.32 Å². The highest BCUT2D eigenvalue weighted by Gasteiger charge is 2.04. The molecule has 0 radical (unpaired) electrons. The number of hydrogen-bond acceptors (Lipinski definition) is 2. The Kier molecular flexibility index (Phi) is 4.74. The first-order chi connectivity index (χ1) is 9.20. The van der Waals surface area contributed by atoms with Crippen molar-refractivity contribution in [1.82, 2.24) is 15.1 Å². The van der Waals surface area contributed by atoms with Gasteiger partial charge in [0, 0.05) is 25.3 Å². The molecule has 3 nitrogen and oxygen atoms in total. The predicted octanol–water partition coefficient (Wildman–Crippen LogP) is 3.45. The van der Waals surface area contributed by atoms with Gasteiger partial charge >= 0.3 is 0 Å². The van der Waals surface area contributed by atoms with E-state index >= 15 is 0 Å². The normalized spacial score (nSPS) is 12.6. The van der Waals surface area contributed by atoms with Gasteiger partial charge in [0.15, 0.2) is 0 Å². The fraction of sp³-hybridized carbons (Fsp3) is 0.438. The number of nitrogens with one attached hydrogen (secondary N) is 1. The fourth-order valence-corrected chi connectivity index (χ4v) is 2.04. The van der Waals surface area contributed by atoms with Gasteiger partial charge in [0.1, 0.15) is 0 Å². The molecule has 1 heterocycles. The number of aryl methyl sites for hydroxylation is 1. The van der Waals surface area contributed by atoms with E-state index in [1.54, 1.807) is 0 Å². The Morgan fingerprint density at radius 1 is 1.21 bits per heavy atom. The molecular weight excluding hydrogens is 234 g/mol. The molecule has 2 rings (SSSR count). The Morgan fingerprint density at radius 3 is 2.74 bits per heavy atom. The molecule has 1 aromatic carbocycles. The molecule has 0 bridgehead atoms. The lowest BCUT2D eigenvalue weighted by atomic mass is 10.1. The third-order valence-electron chi connectivity index (χ3n) is 3.59. The first-order valence-electron chi connectivity index (χ1n) is 7.00. The zero-order chi connectivity index (χ0) is 13.7. The van der Waals surface area contributed by atoms with Crippen LogP contribution in [-0.2, 0) is 13.1 Å². The van der Waals surface area contributed by atoms with Gasteiger partial charge in [0.05, 0.1) is 5.69 Å². The Balaban J connectivity index is 1.86. The van der Waals surface area contributed by atoms with Crippen molar-refractivity contribution < 1.29 is 0 Å². The molecule has 0 aliphatic carbocycles. The summed E-state index contributed by atoms with van der Waals surface area (Å²) < 4.78 is 2.05. The molecule has 0 fully saturated rings. The molecule has 0 saturated carbocycles. The molecule has 102 valence electrons. The number of hydrogen-bond donors (Lipinski definition) is 1. The van der Waals surface area contributed by atoms with Gasteiger partial charge in [0.25, 0.3) is 0 Å². The summed E-state index contributed by atoms with van der Waals surface area (Å²) in [6, 6.07) is 11.0. The van der Waals surface area contributed by atoms with E-state index in [4.69, 9.17) is 0 Å². The van der Waals surface area contributed by atoms with Gasteiger partial charge in [-0.05, 0) is 37.5 Å². The van der Waals surface area contributed by atoms with Crippen molar-refractivity contribution in [2.45, 2.75) is 46.3 Å². The minimum atomic E-state index is 0.477. The van der Waals surface area contributed by atoms with Crippen LogP contribution in [0.1, 0.15) is 43.1 Å². The first kappa shape index (κ1) is 13.8. The molecule has 0 aliphatic rings. The highest BCUT2D eigenvalue weighted by molar-refractivity contribution is 5.25. The molecule has 1 N–H and O–H groups in total. The minimum absolute atomic E-state index is 0.477. The van der Waals surface area contributed by atoms with E-state index < -0.39 is 0 Å². The second kappa shape index (κ2) is 6.53. The van der Waals surface area contributed by atoms with Crippen molar-refractivity contribution in [3.05, 3.63) is 53.3 Å². The van der Waals surface area contributed by atoms with E-state index in [-0.39, 0.29) is 0 Å². The molecule has 0 saturated heterocycles. The molecular formula is C16H23N3. The first-order valence-corrected chi connectivity index (χ1v) is 7.00. The summed E-state index contributed by atoms with van der Waals surface area (Å²) in [5, 5.41) is 8.04. The summed E-state index contributed by atoms with van der Waals surface area (Å²) in [7, 11) is 0.